The number of carbonyl (C=O) groups is 2. The minimum Gasteiger partial charge on any atom is -0.443 e. The van der Waals surface area contributed by atoms with E-state index in [0.717, 1.165) is 22.9 Å². The second-order valence-corrected chi connectivity index (χ2v) is 7.57. The van der Waals surface area contributed by atoms with E-state index in [-0.39, 0.29) is 17.6 Å². The zero-order valence-corrected chi connectivity index (χ0v) is 16.5. The lowest BCUT2D eigenvalue weighted by Crippen LogP contribution is -2.33. The summed E-state index contributed by atoms with van der Waals surface area (Å²) in [5.74, 6) is -0.939. The second-order valence-electron chi connectivity index (χ2n) is 6.65. The van der Waals surface area contributed by atoms with Crippen molar-refractivity contribution in [2.24, 2.45) is 0 Å². The number of ether oxygens (including phenoxy) is 1. The molecule has 1 aliphatic carbocycles. The van der Waals surface area contributed by atoms with Gasteiger partial charge in [0, 0.05) is 21.6 Å². The Morgan fingerprint density at radius 1 is 1.11 bits per heavy atom. The van der Waals surface area contributed by atoms with E-state index in [4.69, 9.17) is 4.74 Å². The summed E-state index contributed by atoms with van der Waals surface area (Å²) in [4.78, 5) is 25.3. The average Bonchev–Trinajstić information content (AvgIpc) is 3.38. The molecule has 4 rings (SSSR count). The summed E-state index contributed by atoms with van der Waals surface area (Å²) in [7, 11) is 0. The Balaban J connectivity index is 1.52. The first kappa shape index (κ1) is 18.4. The van der Waals surface area contributed by atoms with Crippen molar-refractivity contribution in [3.63, 3.8) is 0 Å². The summed E-state index contributed by atoms with van der Waals surface area (Å²) < 4.78 is 6.51. The number of aromatic nitrogens is 2. The van der Waals surface area contributed by atoms with E-state index in [9.17, 15) is 9.59 Å². The van der Waals surface area contributed by atoms with E-state index in [2.05, 4.69) is 31.4 Å². The Labute approximate surface area is 170 Å². The molecule has 1 amide bonds. The van der Waals surface area contributed by atoms with Crippen LogP contribution in [0.4, 0.5) is 0 Å². The Hall–Kier alpha value is -2.93. The van der Waals surface area contributed by atoms with E-state index < -0.39 is 12.1 Å². The number of halogens is 1. The fourth-order valence-corrected chi connectivity index (χ4v) is 3.03. The maximum atomic E-state index is 12.7. The zero-order chi connectivity index (χ0) is 19.5. The normalized spacial score (nSPS) is 14.3. The van der Waals surface area contributed by atoms with Crippen molar-refractivity contribution in [1.29, 1.82) is 0 Å². The number of esters is 1. The van der Waals surface area contributed by atoms with Crippen LogP contribution < -0.4 is 5.32 Å². The van der Waals surface area contributed by atoms with E-state index in [1.807, 2.05) is 42.5 Å². The van der Waals surface area contributed by atoms with Gasteiger partial charge in [0.25, 0.3) is 5.91 Å². The molecule has 142 valence electrons. The van der Waals surface area contributed by atoms with Gasteiger partial charge in [0.05, 0.1) is 5.69 Å². The topological polar surface area (TPSA) is 84.1 Å². The Morgan fingerprint density at radius 2 is 1.82 bits per heavy atom. The maximum absolute atomic E-state index is 12.7. The van der Waals surface area contributed by atoms with Crippen molar-refractivity contribution in [2.45, 2.75) is 25.0 Å². The first-order valence-corrected chi connectivity index (χ1v) is 9.77. The smallest absolute Gasteiger partial charge is 0.357 e. The van der Waals surface area contributed by atoms with Gasteiger partial charge in [-0.25, -0.2) is 4.79 Å². The van der Waals surface area contributed by atoms with Crippen LogP contribution in [0.5, 0.6) is 0 Å². The number of amides is 1. The highest BCUT2D eigenvalue weighted by Crippen LogP contribution is 2.25. The molecule has 3 aromatic rings. The summed E-state index contributed by atoms with van der Waals surface area (Å²) in [5, 5.41) is 9.78. The van der Waals surface area contributed by atoms with Crippen molar-refractivity contribution >= 4 is 27.8 Å². The number of nitrogens with one attached hydrogen (secondary N) is 2. The molecular formula is C21H18BrN3O3. The molecular weight excluding hydrogens is 422 g/mol. The van der Waals surface area contributed by atoms with Crippen LogP contribution in [0.25, 0.3) is 11.3 Å². The van der Waals surface area contributed by atoms with Gasteiger partial charge in [-0.1, -0.05) is 58.4 Å². The average molecular weight is 440 g/mol. The molecule has 0 radical (unpaired) electrons. The third-order valence-electron chi connectivity index (χ3n) is 4.43. The van der Waals surface area contributed by atoms with E-state index >= 15 is 0 Å². The van der Waals surface area contributed by atoms with E-state index in [0.29, 0.717) is 11.3 Å². The molecule has 0 bridgehead atoms. The summed E-state index contributed by atoms with van der Waals surface area (Å²) in [6, 6.07) is 18.4. The molecule has 0 spiro atoms. The zero-order valence-electron chi connectivity index (χ0n) is 14.9. The fraction of sp³-hybridized carbons (Fsp3) is 0.190. The van der Waals surface area contributed by atoms with Gasteiger partial charge >= 0.3 is 5.97 Å². The van der Waals surface area contributed by atoms with Crippen molar-refractivity contribution < 1.29 is 14.3 Å². The van der Waals surface area contributed by atoms with Crippen LogP contribution in [0.15, 0.2) is 65.1 Å². The van der Waals surface area contributed by atoms with Gasteiger partial charge < -0.3 is 10.1 Å². The first-order valence-electron chi connectivity index (χ1n) is 8.98. The quantitative estimate of drug-likeness (QED) is 0.568. The van der Waals surface area contributed by atoms with Crippen molar-refractivity contribution in [3.05, 3.63) is 76.4 Å². The van der Waals surface area contributed by atoms with Crippen LogP contribution in [0.2, 0.25) is 0 Å². The molecule has 1 atom stereocenters. The third-order valence-corrected chi connectivity index (χ3v) is 4.96. The van der Waals surface area contributed by atoms with Gasteiger partial charge in [0.15, 0.2) is 0 Å². The summed E-state index contributed by atoms with van der Waals surface area (Å²) in [6.07, 6.45) is 0.907. The highest BCUT2D eigenvalue weighted by Gasteiger charge is 2.31. The number of aromatic amines is 1. The van der Waals surface area contributed by atoms with Gasteiger partial charge in [-0.05, 0) is 31.0 Å². The molecule has 7 heteroatoms. The van der Waals surface area contributed by atoms with Crippen molar-refractivity contribution in [1.82, 2.24) is 15.5 Å². The fourth-order valence-electron chi connectivity index (χ4n) is 2.77. The Kier molecular flexibility index (Phi) is 5.25. The SMILES string of the molecule is O=C(O[C@@H](C(=O)NC1CC1)c1ccccc1)c1cc(-c2ccc(Br)cc2)n[nH]1. The lowest BCUT2D eigenvalue weighted by atomic mass is 10.1. The predicted octanol–water partition coefficient (Wildman–Crippen LogP) is 4.02. The van der Waals surface area contributed by atoms with Gasteiger partial charge in [0.2, 0.25) is 6.10 Å². The van der Waals surface area contributed by atoms with Crippen LogP contribution in [0, 0.1) is 0 Å². The lowest BCUT2D eigenvalue weighted by molar-refractivity contribution is -0.130. The van der Waals surface area contributed by atoms with Gasteiger partial charge in [-0.3, -0.25) is 9.89 Å². The molecule has 1 aliphatic rings. The highest BCUT2D eigenvalue weighted by atomic mass is 79.9. The molecule has 1 heterocycles. The predicted molar refractivity (Wildman–Crippen MR) is 107 cm³/mol. The van der Waals surface area contributed by atoms with Gasteiger partial charge in [0.1, 0.15) is 5.69 Å². The second kappa shape index (κ2) is 7.98. The Bertz CT molecular complexity index is 982. The number of carbonyl (C=O) groups excluding carboxylic acids is 2. The Morgan fingerprint density at radius 3 is 2.50 bits per heavy atom. The molecule has 0 aliphatic heterocycles. The summed E-state index contributed by atoms with van der Waals surface area (Å²) in [6.45, 7) is 0. The molecule has 1 fully saturated rings. The van der Waals surface area contributed by atoms with E-state index in [1.54, 1.807) is 18.2 Å². The van der Waals surface area contributed by atoms with Crippen LogP contribution in [0.1, 0.15) is 35.0 Å². The monoisotopic (exact) mass is 439 g/mol. The molecule has 0 saturated heterocycles. The molecule has 2 aromatic carbocycles. The number of nitrogens with zero attached hydrogens (tertiary/aromatic N) is 1. The molecule has 6 nitrogen and oxygen atoms in total. The number of hydrogen-bond acceptors (Lipinski definition) is 4. The minimum absolute atomic E-state index is 0.175. The number of benzene rings is 2. The number of H-pyrrole nitrogens is 1. The largest absolute Gasteiger partial charge is 0.443 e. The maximum Gasteiger partial charge on any atom is 0.357 e. The number of hydrogen-bond donors (Lipinski definition) is 2. The van der Waals surface area contributed by atoms with Gasteiger partial charge in [-0.2, -0.15) is 5.10 Å². The van der Waals surface area contributed by atoms with Gasteiger partial charge in [-0.15, -0.1) is 0 Å². The first-order chi connectivity index (χ1) is 13.6. The molecule has 1 aromatic heterocycles. The molecule has 0 unspecified atom stereocenters. The highest BCUT2D eigenvalue weighted by molar-refractivity contribution is 9.10. The van der Waals surface area contributed by atoms with Crippen molar-refractivity contribution in [3.8, 4) is 11.3 Å². The minimum atomic E-state index is -1.01. The standard InChI is InChI=1S/C21H18BrN3O3/c22-15-8-6-13(7-9-15)17-12-18(25-24-17)21(27)28-19(14-4-2-1-3-5-14)20(26)23-16-10-11-16/h1-9,12,16,19H,10-11H2,(H,23,26)(H,24,25)/t19-/m1/s1. The van der Waals surface area contributed by atoms with Crippen molar-refractivity contribution in [2.75, 3.05) is 0 Å². The lowest BCUT2D eigenvalue weighted by Gasteiger charge is -2.17. The summed E-state index contributed by atoms with van der Waals surface area (Å²) >= 11 is 3.39. The van der Waals surface area contributed by atoms with Crippen LogP contribution in [0.3, 0.4) is 0 Å². The van der Waals surface area contributed by atoms with Crippen LogP contribution in [-0.4, -0.2) is 28.1 Å². The molecule has 1 saturated carbocycles. The van der Waals surface area contributed by atoms with E-state index in [1.165, 1.54) is 0 Å². The third kappa shape index (κ3) is 4.31. The molecule has 28 heavy (non-hydrogen) atoms. The molecule has 2 N–H and O–H groups in total. The van der Waals surface area contributed by atoms with Crippen LogP contribution >= 0.6 is 15.9 Å². The van der Waals surface area contributed by atoms with Crippen LogP contribution in [-0.2, 0) is 9.53 Å². The number of rotatable bonds is 6. The summed E-state index contributed by atoms with van der Waals surface area (Å²) in [5.41, 5.74) is 2.31.